The average molecular weight is 299 g/mol. The van der Waals surface area contributed by atoms with Crippen molar-refractivity contribution in [2.45, 2.75) is 27.2 Å². The number of anilines is 1. The summed E-state index contributed by atoms with van der Waals surface area (Å²) in [6, 6.07) is 6.59. The molecule has 4 nitrogen and oxygen atoms in total. The van der Waals surface area contributed by atoms with Gasteiger partial charge in [0.2, 0.25) is 0 Å². The number of fused-ring (bicyclic) bond motifs is 1. The van der Waals surface area contributed by atoms with E-state index in [9.17, 15) is 4.39 Å². The Balaban J connectivity index is 1.83. The van der Waals surface area contributed by atoms with Crippen LogP contribution in [-0.4, -0.2) is 16.7 Å². The van der Waals surface area contributed by atoms with E-state index in [1.165, 1.54) is 12.1 Å². The molecule has 0 aliphatic rings. The van der Waals surface area contributed by atoms with Crippen LogP contribution in [0.2, 0.25) is 0 Å². The number of halogens is 1. The number of hydrogen-bond acceptors (Lipinski definition) is 4. The zero-order chi connectivity index (χ0) is 15.7. The maximum Gasteiger partial charge on any atom is 0.137 e. The van der Waals surface area contributed by atoms with Gasteiger partial charge in [0.25, 0.3) is 0 Å². The second kappa shape index (κ2) is 5.75. The average Bonchev–Trinajstić information content (AvgIpc) is 2.79. The van der Waals surface area contributed by atoms with Gasteiger partial charge in [-0.15, -0.1) is 0 Å². The minimum atomic E-state index is -0.257. The monoisotopic (exact) mass is 299 g/mol. The van der Waals surface area contributed by atoms with Crippen molar-refractivity contribution in [2.24, 2.45) is 0 Å². The molecule has 22 heavy (non-hydrogen) atoms. The number of rotatable bonds is 4. The van der Waals surface area contributed by atoms with Crippen molar-refractivity contribution in [2.75, 3.05) is 11.9 Å². The Kier molecular flexibility index (Phi) is 3.79. The molecule has 0 spiro atoms. The van der Waals surface area contributed by atoms with Gasteiger partial charge in [-0.3, -0.25) is 4.98 Å². The molecule has 0 amide bonds. The summed E-state index contributed by atoms with van der Waals surface area (Å²) in [7, 11) is 0. The number of aromatic nitrogens is 2. The zero-order valence-corrected chi connectivity index (χ0v) is 12.9. The van der Waals surface area contributed by atoms with E-state index in [1.807, 2.05) is 26.8 Å². The lowest BCUT2D eigenvalue weighted by Gasteiger charge is -2.11. The highest BCUT2D eigenvalue weighted by molar-refractivity contribution is 5.91. The Morgan fingerprint density at radius 2 is 2.00 bits per heavy atom. The number of aryl methyl sites for hydroxylation is 3. The molecule has 3 rings (SSSR count). The van der Waals surface area contributed by atoms with Crippen molar-refractivity contribution >= 4 is 16.6 Å². The van der Waals surface area contributed by atoms with E-state index in [0.29, 0.717) is 0 Å². The van der Waals surface area contributed by atoms with Gasteiger partial charge < -0.3 is 9.84 Å². The van der Waals surface area contributed by atoms with Crippen LogP contribution >= 0.6 is 0 Å². The number of nitrogens with zero attached hydrogens (tertiary/aromatic N) is 2. The normalized spacial score (nSPS) is 11.1. The summed E-state index contributed by atoms with van der Waals surface area (Å²) in [5, 5.41) is 8.12. The Morgan fingerprint density at radius 3 is 2.73 bits per heavy atom. The highest BCUT2D eigenvalue weighted by Crippen LogP contribution is 2.24. The van der Waals surface area contributed by atoms with E-state index in [2.05, 4.69) is 15.5 Å². The van der Waals surface area contributed by atoms with Crippen molar-refractivity contribution in [3.05, 3.63) is 52.8 Å². The fraction of sp³-hybridized carbons (Fsp3) is 0.294. The molecule has 0 bridgehead atoms. The molecule has 1 N–H and O–H groups in total. The number of benzene rings is 1. The molecule has 0 fully saturated rings. The maximum atomic E-state index is 13.5. The quantitative estimate of drug-likeness (QED) is 0.792. The molecule has 2 aromatic heterocycles. The minimum absolute atomic E-state index is 0.257. The lowest BCUT2D eigenvalue weighted by Crippen LogP contribution is -2.07. The maximum absolute atomic E-state index is 13.5. The Labute approximate surface area is 128 Å². The van der Waals surface area contributed by atoms with Crippen molar-refractivity contribution in [3.8, 4) is 0 Å². The van der Waals surface area contributed by atoms with Crippen LogP contribution in [0.3, 0.4) is 0 Å². The third-order valence-electron chi connectivity index (χ3n) is 3.77. The van der Waals surface area contributed by atoms with Crippen molar-refractivity contribution < 1.29 is 8.91 Å². The third kappa shape index (κ3) is 2.79. The second-order valence-corrected chi connectivity index (χ2v) is 5.45. The van der Waals surface area contributed by atoms with Gasteiger partial charge in [-0.1, -0.05) is 5.16 Å². The number of hydrogen-bond donors (Lipinski definition) is 1. The molecule has 0 aliphatic carbocycles. The number of nitrogens with one attached hydrogen (secondary N) is 1. The first-order valence-corrected chi connectivity index (χ1v) is 7.27. The van der Waals surface area contributed by atoms with E-state index in [-0.39, 0.29) is 5.82 Å². The summed E-state index contributed by atoms with van der Waals surface area (Å²) >= 11 is 0. The van der Waals surface area contributed by atoms with Crippen LogP contribution in [0.4, 0.5) is 10.1 Å². The van der Waals surface area contributed by atoms with Gasteiger partial charge in [0.15, 0.2) is 0 Å². The van der Waals surface area contributed by atoms with Crippen LogP contribution in [-0.2, 0) is 6.42 Å². The van der Waals surface area contributed by atoms with Crippen LogP contribution in [0.25, 0.3) is 10.9 Å². The van der Waals surface area contributed by atoms with Crippen molar-refractivity contribution in [1.29, 1.82) is 0 Å². The molecule has 0 radical (unpaired) electrons. The largest absolute Gasteiger partial charge is 0.384 e. The van der Waals surface area contributed by atoms with Crippen LogP contribution in [0.5, 0.6) is 0 Å². The Bertz CT molecular complexity index is 807. The third-order valence-corrected chi connectivity index (χ3v) is 3.77. The molecule has 1 aromatic carbocycles. The highest BCUT2D eigenvalue weighted by atomic mass is 19.1. The molecule has 0 aliphatic heterocycles. The molecule has 0 saturated carbocycles. The van der Waals surface area contributed by atoms with E-state index in [1.54, 1.807) is 6.07 Å². The smallest absolute Gasteiger partial charge is 0.137 e. The van der Waals surface area contributed by atoms with Crippen LogP contribution in [0.15, 0.2) is 28.8 Å². The number of pyridine rings is 1. The Morgan fingerprint density at radius 1 is 1.18 bits per heavy atom. The SMILES string of the molecule is Cc1cc(NCCc2c(C)noc2C)c2cc(F)ccc2n1. The standard InChI is InChI=1S/C17H18FN3O/c1-10-8-17(15-9-13(18)4-5-16(15)20-10)19-7-6-14-11(2)21-22-12(14)3/h4-5,8-9H,6-7H2,1-3H3,(H,19,20). The van der Waals surface area contributed by atoms with Gasteiger partial charge in [0.1, 0.15) is 11.6 Å². The first kappa shape index (κ1) is 14.5. The van der Waals surface area contributed by atoms with Gasteiger partial charge in [-0.25, -0.2) is 4.39 Å². The van der Waals surface area contributed by atoms with E-state index in [0.717, 1.165) is 52.3 Å². The lowest BCUT2D eigenvalue weighted by molar-refractivity contribution is 0.392. The summed E-state index contributed by atoms with van der Waals surface area (Å²) in [5.41, 5.74) is 4.63. The van der Waals surface area contributed by atoms with Crippen LogP contribution in [0.1, 0.15) is 22.7 Å². The van der Waals surface area contributed by atoms with Gasteiger partial charge in [0, 0.05) is 28.9 Å². The molecule has 3 aromatic rings. The fourth-order valence-electron chi connectivity index (χ4n) is 2.66. The summed E-state index contributed by atoms with van der Waals surface area (Å²) in [6.45, 7) is 6.50. The summed E-state index contributed by atoms with van der Waals surface area (Å²) < 4.78 is 18.7. The molecule has 0 unspecified atom stereocenters. The first-order chi connectivity index (χ1) is 10.5. The van der Waals surface area contributed by atoms with Gasteiger partial charge >= 0.3 is 0 Å². The zero-order valence-electron chi connectivity index (χ0n) is 12.9. The predicted octanol–water partition coefficient (Wildman–Crippen LogP) is 3.94. The molecule has 5 heteroatoms. The lowest BCUT2D eigenvalue weighted by atomic mass is 10.1. The predicted molar refractivity (Wildman–Crippen MR) is 84.6 cm³/mol. The summed E-state index contributed by atoms with van der Waals surface area (Å²) in [6.07, 6.45) is 0.805. The van der Waals surface area contributed by atoms with Crippen LogP contribution in [0, 0.1) is 26.6 Å². The van der Waals surface area contributed by atoms with E-state index >= 15 is 0 Å². The highest BCUT2D eigenvalue weighted by Gasteiger charge is 2.09. The fourth-order valence-corrected chi connectivity index (χ4v) is 2.66. The second-order valence-electron chi connectivity index (χ2n) is 5.45. The van der Waals surface area contributed by atoms with Gasteiger partial charge in [-0.2, -0.15) is 0 Å². The van der Waals surface area contributed by atoms with Gasteiger partial charge in [-0.05, 0) is 51.5 Å². The van der Waals surface area contributed by atoms with Crippen molar-refractivity contribution in [1.82, 2.24) is 10.1 Å². The van der Waals surface area contributed by atoms with Crippen LogP contribution < -0.4 is 5.32 Å². The summed E-state index contributed by atoms with van der Waals surface area (Å²) in [5.74, 6) is 0.591. The molecular formula is C17H18FN3O. The molecule has 114 valence electrons. The topological polar surface area (TPSA) is 51.0 Å². The molecule has 0 atom stereocenters. The Hall–Kier alpha value is -2.43. The molecule has 2 heterocycles. The summed E-state index contributed by atoms with van der Waals surface area (Å²) in [4.78, 5) is 4.43. The first-order valence-electron chi connectivity index (χ1n) is 7.27. The van der Waals surface area contributed by atoms with E-state index < -0.39 is 0 Å². The molecule has 0 saturated heterocycles. The minimum Gasteiger partial charge on any atom is -0.384 e. The van der Waals surface area contributed by atoms with Gasteiger partial charge in [0.05, 0.1) is 11.2 Å². The van der Waals surface area contributed by atoms with Crippen molar-refractivity contribution in [3.63, 3.8) is 0 Å². The molecular weight excluding hydrogens is 281 g/mol. The van der Waals surface area contributed by atoms with E-state index in [4.69, 9.17) is 4.52 Å².